The number of para-hydroxylation sites is 1. The number of carbonyl (C=O) groups is 2. The third-order valence-corrected chi connectivity index (χ3v) is 9.03. The maximum atomic E-state index is 13.2. The lowest BCUT2D eigenvalue weighted by atomic mass is 9.87. The first-order valence-corrected chi connectivity index (χ1v) is 14.1. The van der Waals surface area contributed by atoms with Crippen LogP contribution in [0.25, 0.3) is 0 Å². The van der Waals surface area contributed by atoms with Crippen molar-refractivity contribution >= 4 is 21.8 Å². The Balaban J connectivity index is 1.38. The van der Waals surface area contributed by atoms with Crippen LogP contribution in [0.15, 0.2) is 18.2 Å². The molecule has 0 aromatic heterocycles. The number of ether oxygens (including phenoxy) is 2. The minimum absolute atomic E-state index is 0.0285. The van der Waals surface area contributed by atoms with Gasteiger partial charge in [0.2, 0.25) is 15.9 Å². The smallest absolute Gasteiger partial charge is 0.255 e. The number of piperidine rings is 1. The number of hydrogen-bond donors (Lipinski definition) is 2. The van der Waals surface area contributed by atoms with E-state index in [1.807, 2.05) is 0 Å². The van der Waals surface area contributed by atoms with Crippen LogP contribution in [0.5, 0.6) is 11.5 Å². The zero-order valence-corrected chi connectivity index (χ0v) is 21.1. The summed E-state index contributed by atoms with van der Waals surface area (Å²) in [7, 11) is -3.42. The number of nitrogens with zero attached hydrogens (tertiary/aromatic N) is 2. The molecule has 0 bridgehead atoms. The van der Waals surface area contributed by atoms with E-state index >= 15 is 0 Å². The predicted molar refractivity (Wildman–Crippen MR) is 131 cm³/mol. The number of benzene rings is 1. The number of fused-ring (bicyclic) bond motifs is 1. The highest BCUT2D eigenvalue weighted by Gasteiger charge is 2.30. The van der Waals surface area contributed by atoms with Crippen LogP contribution < -0.4 is 20.1 Å². The summed E-state index contributed by atoms with van der Waals surface area (Å²) in [6, 6.07) is 5.17. The van der Waals surface area contributed by atoms with Gasteiger partial charge in [0, 0.05) is 39.1 Å². The third-order valence-electron chi connectivity index (χ3n) is 7.07. The molecule has 3 aliphatic heterocycles. The lowest BCUT2D eigenvalue weighted by Gasteiger charge is -2.34. The Morgan fingerprint density at radius 2 is 1.83 bits per heavy atom. The third kappa shape index (κ3) is 6.45. The second-order valence-electron chi connectivity index (χ2n) is 9.36. The summed E-state index contributed by atoms with van der Waals surface area (Å²) in [5.41, 5.74) is 0.442. The van der Waals surface area contributed by atoms with Crippen LogP contribution in [-0.4, -0.2) is 93.7 Å². The minimum Gasteiger partial charge on any atom is -0.486 e. The number of amides is 2. The summed E-state index contributed by atoms with van der Waals surface area (Å²) in [5, 5.41) is 6.53. The van der Waals surface area contributed by atoms with Gasteiger partial charge < -0.3 is 25.0 Å². The molecule has 11 heteroatoms. The Bertz CT molecular complexity index is 1000. The Labute approximate surface area is 207 Å². The maximum absolute atomic E-state index is 13.2. The summed E-state index contributed by atoms with van der Waals surface area (Å²) in [5.74, 6) is 1.09. The van der Waals surface area contributed by atoms with E-state index in [4.69, 9.17) is 9.47 Å². The number of rotatable bonds is 8. The molecule has 194 valence electrons. The van der Waals surface area contributed by atoms with Crippen molar-refractivity contribution in [2.75, 3.05) is 58.2 Å². The lowest BCUT2D eigenvalue weighted by molar-refractivity contribution is -0.129. The molecule has 2 N–H and O–H groups in total. The van der Waals surface area contributed by atoms with Gasteiger partial charge >= 0.3 is 0 Å². The maximum Gasteiger partial charge on any atom is 0.255 e. The molecule has 1 unspecified atom stereocenters. The summed E-state index contributed by atoms with van der Waals surface area (Å²) < 4.78 is 38.6. The van der Waals surface area contributed by atoms with Gasteiger partial charge in [-0.05, 0) is 56.8 Å². The number of piperazine rings is 1. The van der Waals surface area contributed by atoms with Crippen LogP contribution in [0.1, 0.15) is 43.0 Å². The van der Waals surface area contributed by atoms with E-state index in [2.05, 4.69) is 10.6 Å². The topological polar surface area (TPSA) is 117 Å². The molecule has 1 aromatic rings. The van der Waals surface area contributed by atoms with Crippen molar-refractivity contribution < 1.29 is 27.5 Å². The van der Waals surface area contributed by atoms with Crippen molar-refractivity contribution in [1.29, 1.82) is 0 Å². The molecule has 1 aromatic carbocycles. The van der Waals surface area contributed by atoms with Crippen LogP contribution >= 0.6 is 0 Å². The molecule has 2 saturated heterocycles. The predicted octanol–water partition coefficient (Wildman–Crippen LogP) is 0.830. The monoisotopic (exact) mass is 508 g/mol. The van der Waals surface area contributed by atoms with Crippen LogP contribution in [-0.2, 0) is 14.8 Å². The Morgan fingerprint density at radius 1 is 1.11 bits per heavy atom. The quantitative estimate of drug-likeness (QED) is 0.534. The van der Waals surface area contributed by atoms with Gasteiger partial charge in [-0.15, -0.1) is 0 Å². The molecule has 10 nitrogen and oxygen atoms in total. The molecule has 0 aliphatic carbocycles. The van der Waals surface area contributed by atoms with Gasteiger partial charge in [0.15, 0.2) is 11.5 Å². The average molecular weight is 509 g/mol. The van der Waals surface area contributed by atoms with Crippen LogP contribution in [0.3, 0.4) is 0 Å². The SMILES string of the molecule is CC(=O)N1CCN(S(=O)(=O)CCCC(NC(=O)c2cccc3c2OCCO3)C2CCNCC2)CC1. The fourth-order valence-corrected chi connectivity index (χ4v) is 6.58. The first-order chi connectivity index (χ1) is 16.8. The van der Waals surface area contributed by atoms with Gasteiger partial charge in [-0.1, -0.05) is 6.07 Å². The highest BCUT2D eigenvalue weighted by Crippen LogP contribution is 2.34. The number of sulfonamides is 1. The van der Waals surface area contributed by atoms with Gasteiger partial charge in [0.1, 0.15) is 13.2 Å². The summed E-state index contributed by atoms with van der Waals surface area (Å²) in [6.07, 6.45) is 2.89. The molecule has 3 heterocycles. The molecule has 2 fully saturated rings. The summed E-state index contributed by atoms with van der Waals surface area (Å²) in [4.78, 5) is 26.4. The van der Waals surface area contributed by atoms with Crippen molar-refractivity contribution in [3.05, 3.63) is 23.8 Å². The van der Waals surface area contributed by atoms with E-state index in [9.17, 15) is 18.0 Å². The Hall–Kier alpha value is -2.37. The van der Waals surface area contributed by atoms with Crippen molar-refractivity contribution in [1.82, 2.24) is 19.8 Å². The van der Waals surface area contributed by atoms with E-state index < -0.39 is 10.0 Å². The van der Waals surface area contributed by atoms with E-state index in [0.717, 1.165) is 25.9 Å². The number of hydrogen-bond acceptors (Lipinski definition) is 7. The number of carbonyl (C=O) groups excluding carboxylic acids is 2. The van der Waals surface area contributed by atoms with E-state index in [1.165, 1.54) is 11.2 Å². The highest BCUT2D eigenvalue weighted by atomic mass is 32.2. The van der Waals surface area contributed by atoms with Crippen LogP contribution in [0.2, 0.25) is 0 Å². The Kier molecular flexibility index (Phi) is 8.51. The zero-order chi connectivity index (χ0) is 24.8. The largest absolute Gasteiger partial charge is 0.486 e. The molecule has 0 spiro atoms. The Morgan fingerprint density at radius 3 is 2.54 bits per heavy atom. The van der Waals surface area contributed by atoms with E-state index in [0.29, 0.717) is 69.3 Å². The summed E-state index contributed by atoms with van der Waals surface area (Å²) >= 11 is 0. The molecular formula is C24H36N4O6S. The first-order valence-electron chi connectivity index (χ1n) is 12.5. The summed E-state index contributed by atoms with van der Waals surface area (Å²) in [6.45, 7) is 5.63. The zero-order valence-electron chi connectivity index (χ0n) is 20.3. The molecule has 2 amide bonds. The van der Waals surface area contributed by atoms with Gasteiger partial charge in [-0.25, -0.2) is 8.42 Å². The average Bonchev–Trinajstić information content (AvgIpc) is 2.88. The van der Waals surface area contributed by atoms with E-state index in [-0.39, 0.29) is 29.5 Å². The van der Waals surface area contributed by atoms with Crippen LogP contribution in [0.4, 0.5) is 0 Å². The number of nitrogens with one attached hydrogen (secondary N) is 2. The fourth-order valence-electron chi connectivity index (χ4n) is 5.07. The second kappa shape index (κ2) is 11.6. The van der Waals surface area contributed by atoms with E-state index in [1.54, 1.807) is 23.1 Å². The van der Waals surface area contributed by atoms with Gasteiger partial charge in [-0.3, -0.25) is 9.59 Å². The normalized spacial score (nSPS) is 20.3. The molecule has 3 aliphatic rings. The van der Waals surface area contributed by atoms with Crippen molar-refractivity contribution in [2.24, 2.45) is 5.92 Å². The van der Waals surface area contributed by atoms with Crippen molar-refractivity contribution in [3.8, 4) is 11.5 Å². The minimum atomic E-state index is -3.42. The molecular weight excluding hydrogens is 472 g/mol. The fraction of sp³-hybridized carbons (Fsp3) is 0.667. The van der Waals surface area contributed by atoms with Crippen LogP contribution in [0, 0.1) is 5.92 Å². The van der Waals surface area contributed by atoms with Gasteiger partial charge in [0.05, 0.1) is 11.3 Å². The standard InChI is InChI=1S/C24H36N4O6S/c1-18(29)27-11-13-28(14-12-27)35(31,32)17-3-5-21(19-7-9-25-10-8-19)26-24(30)20-4-2-6-22-23(20)34-16-15-33-22/h2,4,6,19,21,25H,3,5,7-17H2,1H3,(H,26,30). The molecule has 1 atom stereocenters. The van der Waals surface area contributed by atoms with Crippen molar-refractivity contribution in [2.45, 2.75) is 38.6 Å². The van der Waals surface area contributed by atoms with Crippen molar-refractivity contribution in [3.63, 3.8) is 0 Å². The molecule has 0 saturated carbocycles. The molecule has 35 heavy (non-hydrogen) atoms. The first kappa shape index (κ1) is 25.7. The lowest BCUT2D eigenvalue weighted by Crippen LogP contribution is -2.50. The highest BCUT2D eigenvalue weighted by molar-refractivity contribution is 7.89. The molecule has 4 rings (SSSR count). The van der Waals surface area contributed by atoms with Gasteiger partial charge in [-0.2, -0.15) is 4.31 Å². The second-order valence-corrected chi connectivity index (χ2v) is 11.4. The van der Waals surface area contributed by atoms with Gasteiger partial charge in [0.25, 0.3) is 5.91 Å². The molecule has 0 radical (unpaired) electrons.